The fourth-order valence-corrected chi connectivity index (χ4v) is 3.27. The number of hydrogen-bond acceptors (Lipinski definition) is 5. The van der Waals surface area contributed by atoms with E-state index in [-0.39, 0.29) is 11.5 Å². The summed E-state index contributed by atoms with van der Waals surface area (Å²) in [6.07, 6.45) is 3.39. The van der Waals surface area contributed by atoms with Crippen LogP contribution in [0.1, 0.15) is 18.5 Å². The van der Waals surface area contributed by atoms with Crippen molar-refractivity contribution in [3.8, 4) is 5.88 Å². The van der Waals surface area contributed by atoms with Gasteiger partial charge < -0.3 is 4.74 Å². The van der Waals surface area contributed by atoms with Gasteiger partial charge in [0.05, 0.1) is 24.3 Å². The lowest BCUT2D eigenvalue weighted by molar-refractivity contribution is 0.396. The van der Waals surface area contributed by atoms with E-state index in [4.69, 9.17) is 4.74 Å². The van der Waals surface area contributed by atoms with E-state index in [9.17, 15) is 8.42 Å². The average Bonchev–Trinajstić information content (AvgIpc) is 3.00. The van der Waals surface area contributed by atoms with E-state index < -0.39 is 9.84 Å². The Labute approximate surface area is 94.8 Å². The molecule has 1 aromatic rings. The zero-order valence-electron chi connectivity index (χ0n) is 9.09. The maximum Gasteiger partial charge on any atom is 0.216 e. The number of hydrogen-bond donors (Lipinski definition) is 0. The van der Waals surface area contributed by atoms with Gasteiger partial charge in [-0.3, -0.25) is 0 Å². The van der Waals surface area contributed by atoms with Gasteiger partial charge in [-0.25, -0.2) is 18.4 Å². The van der Waals surface area contributed by atoms with E-state index in [0.717, 1.165) is 12.8 Å². The molecule has 0 radical (unpaired) electrons. The molecule has 0 bridgehead atoms. The third-order valence-corrected chi connectivity index (χ3v) is 4.18. The molecule has 1 saturated carbocycles. The van der Waals surface area contributed by atoms with Crippen molar-refractivity contribution >= 4 is 9.84 Å². The fourth-order valence-electron chi connectivity index (χ4n) is 1.50. The molecule has 0 saturated heterocycles. The summed E-state index contributed by atoms with van der Waals surface area (Å²) in [7, 11) is -1.55. The highest BCUT2D eigenvalue weighted by Gasteiger charge is 2.28. The maximum atomic E-state index is 11.7. The van der Waals surface area contributed by atoms with E-state index in [1.165, 1.54) is 13.4 Å². The number of aromatic nitrogens is 2. The monoisotopic (exact) mass is 242 g/mol. The summed E-state index contributed by atoms with van der Waals surface area (Å²) in [5, 5.41) is 0. The maximum absolute atomic E-state index is 11.7. The van der Waals surface area contributed by atoms with Crippen LogP contribution in [0.5, 0.6) is 5.88 Å². The molecule has 0 N–H and O–H groups in total. The Hall–Kier alpha value is -1.17. The minimum absolute atomic E-state index is 0.0254. The number of sulfone groups is 1. The Morgan fingerprint density at radius 1 is 1.44 bits per heavy atom. The van der Waals surface area contributed by atoms with Gasteiger partial charge in [0, 0.05) is 6.07 Å². The van der Waals surface area contributed by atoms with Crippen LogP contribution in [-0.2, 0) is 15.6 Å². The molecular weight excluding hydrogens is 228 g/mol. The molecule has 1 heterocycles. The molecule has 0 unspecified atom stereocenters. The van der Waals surface area contributed by atoms with Crippen molar-refractivity contribution in [1.82, 2.24) is 9.97 Å². The predicted octanol–water partition coefficient (Wildman–Crippen LogP) is 0.810. The summed E-state index contributed by atoms with van der Waals surface area (Å²) < 4.78 is 28.4. The highest BCUT2D eigenvalue weighted by molar-refractivity contribution is 7.90. The molecule has 0 spiro atoms. The van der Waals surface area contributed by atoms with Crippen LogP contribution < -0.4 is 4.74 Å². The highest BCUT2D eigenvalue weighted by Crippen LogP contribution is 2.31. The third kappa shape index (κ3) is 3.16. The zero-order chi connectivity index (χ0) is 11.6. The fraction of sp³-hybridized carbons (Fsp3) is 0.600. The number of methoxy groups -OCH3 is 1. The van der Waals surface area contributed by atoms with Crippen molar-refractivity contribution in [2.75, 3.05) is 12.9 Å². The van der Waals surface area contributed by atoms with Crippen molar-refractivity contribution < 1.29 is 13.2 Å². The summed E-state index contributed by atoms with van der Waals surface area (Å²) in [5.74, 6) is 1.02. The van der Waals surface area contributed by atoms with Crippen LogP contribution >= 0.6 is 0 Å². The molecule has 1 aliphatic carbocycles. The Bertz CT molecular complexity index is 469. The molecule has 0 aromatic carbocycles. The standard InChI is InChI=1S/C10H14N2O3S/c1-15-10-4-9(11-7-12-10)6-16(13,14)5-8-2-3-8/h4,7-8H,2-3,5-6H2,1H3. The van der Waals surface area contributed by atoms with Gasteiger partial charge in [0.1, 0.15) is 6.33 Å². The molecule has 0 atom stereocenters. The first kappa shape index (κ1) is 11.3. The summed E-state index contributed by atoms with van der Waals surface area (Å²) >= 11 is 0. The quantitative estimate of drug-likeness (QED) is 0.764. The summed E-state index contributed by atoms with van der Waals surface area (Å²) in [4.78, 5) is 7.76. The Morgan fingerprint density at radius 3 is 2.81 bits per heavy atom. The molecule has 1 aromatic heterocycles. The van der Waals surface area contributed by atoms with Gasteiger partial charge in [-0.05, 0) is 18.8 Å². The summed E-state index contributed by atoms with van der Waals surface area (Å²) in [6, 6.07) is 1.56. The highest BCUT2D eigenvalue weighted by atomic mass is 32.2. The molecular formula is C10H14N2O3S. The van der Waals surface area contributed by atoms with Gasteiger partial charge >= 0.3 is 0 Å². The molecule has 6 heteroatoms. The van der Waals surface area contributed by atoms with Crippen LogP contribution in [0.15, 0.2) is 12.4 Å². The van der Waals surface area contributed by atoms with Gasteiger partial charge in [0.2, 0.25) is 5.88 Å². The SMILES string of the molecule is COc1cc(CS(=O)(=O)CC2CC2)ncn1. The molecule has 2 rings (SSSR count). The summed E-state index contributed by atoms with van der Waals surface area (Å²) in [5.41, 5.74) is 0.493. The lowest BCUT2D eigenvalue weighted by Crippen LogP contribution is -2.12. The van der Waals surface area contributed by atoms with Crippen molar-refractivity contribution in [2.24, 2.45) is 5.92 Å². The molecule has 16 heavy (non-hydrogen) atoms. The number of ether oxygens (including phenoxy) is 1. The minimum Gasteiger partial charge on any atom is -0.481 e. The number of nitrogens with zero attached hydrogens (tertiary/aromatic N) is 2. The van der Waals surface area contributed by atoms with E-state index >= 15 is 0 Å². The second-order valence-electron chi connectivity index (χ2n) is 4.05. The zero-order valence-corrected chi connectivity index (χ0v) is 9.90. The van der Waals surface area contributed by atoms with E-state index in [1.807, 2.05) is 0 Å². The first-order valence-corrected chi connectivity index (χ1v) is 6.96. The van der Waals surface area contributed by atoms with Crippen molar-refractivity contribution in [3.63, 3.8) is 0 Å². The van der Waals surface area contributed by atoms with Crippen LogP contribution in [0, 0.1) is 5.92 Å². The van der Waals surface area contributed by atoms with Gasteiger partial charge in [-0.15, -0.1) is 0 Å². The summed E-state index contributed by atoms with van der Waals surface area (Å²) in [6.45, 7) is 0. The smallest absolute Gasteiger partial charge is 0.216 e. The normalized spacial score (nSPS) is 16.1. The van der Waals surface area contributed by atoms with Crippen LogP contribution in [0.4, 0.5) is 0 Å². The van der Waals surface area contributed by atoms with Crippen molar-refractivity contribution in [2.45, 2.75) is 18.6 Å². The third-order valence-electron chi connectivity index (χ3n) is 2.46. The molecule has 0 aliphatic heterocycles. The first-order valence-electron chi connectivity index (χ1n) is 5.14. The number of rotatable bonds is 5. The second kappa shape index (κ2) is 4.37. The predicted molar refractivity (Wildman–Crippen MR) is 58.8 cm³/mol. The van der Waals surface area contributed by atoms with Gasteiger partial charge in [-0.1, -0.05) is 0 Å². The van der Waals surface area contributed by atoms with Gasteiger partial charge in [0.25, 0.3) is 0 Å². The molecule has 5 nitrogen and oxygen atoms in total. The lowest BCUT2D eigenvalue weighted by Gasteiger charge is -2.04. The van der Waals surface area contributed by atoms with Crippen LogP contribution in [0.2, 0.25) is 0 Å². The average molecular weight is 242 g/mol. The Kier molecular flexibility index (Phi) is 3.09. The molecule has 1 fully saturated rings. The van der Waals surface area contributed by atoms with Crippen LogP contribution in [0.3, 0.4) is 0 Å². The molecule has 1 aliphatic rings. The van der Waals surface area contributed by atoms with Crippen molar-refractivity contribution in [3.05, 3.63) is 18.1 Å². The van der Waals surface area contributed by atoms with Gasteiger partial charge in [0.15, 0.2) is 9.84 Å². The topological polar surface area (TPSA) is 69.2 Å². The minimum atomic E-state index is -3.04. The first-order chi connectivity index (χ1) is 7.59. The molecule has 88 valence electrons. The van der Waals surface area contributed by atoms with Crippen molar-refractivity contribution in [1.29, 1.82) is 0 Å². The van der Waals surface area contributed by atoms with E-state index in [0.29, 0.717) is 17.5 Å². The van der Waals surface area contributed by atoms with E-state index in [2.05, 4.69) is 9.97 Å². The van der Waals surface area contributed by atoms with Crippen LogP contribution in [0.25, 0.3) is 0 Å². The lowest BCUT2D eigenvalue weighted by atomic mass is 10.4. The van der Waals surface area contributed by atoms with Crippen LogP contribution in [-0.4, -0.2) is 31.2 Å². The Morgan fingerprint density at radius 2 is 2.19 bits per heavy atom. The second-order valence-corrected chi connectivity index (χ2v) is 6.16. The Balaban J connectivity index is 2.06. The van der Waals surface area contributed by atoms with E-state index in [1.54, 1.807) is 6.07 Å². The van der Waals surface area contributed by atoms with Gasteiger partial charge in [-0.2, -0.15) is 0 Å². The molecule has 0 amide bonds. The largest absolute Gasteiger partial charge is 0.481 e.